The van der Waals surface area contributed by atoms with Crippen molar-refractivity contribution in [3.05, 3.63) is 39.4 Å². The predicted molar refractivity (Wildman–Crippen MR) is 105 cm³/mol. The van der Waals surface area contributed by atoms with Gasteiger partial charge in [0, 0.05) is 10.4 Å². The van der Waals surface area contributed by atoms with Crippen molar-refractivity contribution < 1.29 is 4.74 Å². The van der Waals surface area contributed by atoms with Crippen molar-refractivity contribution in [3.63, 3.8) is 0 Å². The summed E-state index contributed by atoms with van der Waals surface area (Å²) >= 11 is 14.1. The van der Waals surface area contributed by atoms with Gasteiger partial charge in [-0.15, -0.1) is 11.3 Å². The van der Waals surface area contributed by atoms with E-state index in [9.17, 15) is 0 Å². The lowest BCUT2D eigenvalue weighted by molar-refractivity contribution is 0.295. The van der Waals surface area contributed by atoms with Gasteiger partial charge in [0.05, 0.1) is 15.4 Å². The van der Waals surface area contributed by atoms with E-state index in [0.717, 1.165) is 34.2 Å². The largest absolute Gasteiger partial charge is 0.474 e. The summed E-state index contributed by atoms with van der Waals surface area (Å²) in [6.07, 6.45) is 4.03. The molecule has 0 saturated heterocycles. The van der Waals surface area contributed by atoms with Crippen LogP contribution in [0.15, 0.2) is 24.5 Å². The Morgan fingerprint density at radius 2 is 1.88 bits per heavy atom. The third-order valence-electron chi connectivity index (χ3n) is 4.15. The van der Waals surface area contributed by atoms with E-state index in [4.69, 9.17) is 27.9 Å². The number of benzene rings is 1. The molecule has 1 aromatic carbocycles. The molecule has 2 aromatic heterocycles. The molecule has 4 rings (SSSR count). The van der Waals surface area contributed by atoms with Gasteiger partial charge in [0.2, 0.25) is 5.88 Å². The summed E-state index contributed by atoms with van der Waals surface area (Å²) in [7, 11) is 0. The second kappa shape index (κ2) is 6.11. The van der Waals surface area contributed by atoms with Gasteiger partial charge in [0.15, 0.2) is 0 Å². The van der Waals surface area contributed by atoms with E-state index >= 15 is 0 Å². The maximum Gasteiger partial charge on any atom is 0.226 e. The molecule has 130 valence electrons. The fraction of sp³-hybridized carbons (Fsp3) is 0.368. The summed E-state index contributed by atoms with van der Waals surface area (Å²) in [5, 5.41) is 2.07. The summed E-state index contributed by atoms with van der Waals surface area (Å²) in [4.78, 5) is 11.1. The molecule has 0 unspecified atom stereocenters. The Kier molecular flexibility index (Phi) is 4.18. The number of aromatic nitrogens is 2. The molecule has 25 heavy (non-hydrogen) atoms. The van der Waals surface area contributed by atoms with Crippen LogP contribution in [0, 0.1) is 0 Å². The number of hydrogen-bond donors (Lipinski definition) is 0. The topological polar surface area (TPSA) is 35.0 Å². The van der Waals surface area contributed by atoms with Gasteiger partial charge >= 0.3 is 0 Å². The smallest absolute Gasteiger partial charge is 0.226 e. The van der Waals surface area contributed by atoms with Crippen LogP contribution in [-0.2, 0) is 5.41 Å². The molecule has 3 nitrogen and oxygen atoms in total. The molecule has 0 spiro atoms. The van der Waals surface area contributed by atoms with Crippen LogP contribution in [0.25, 0.3) is 21.3 Å². The number of nitrogens with zero attached hydrogens (tertiary/aromatic N) is 2. The monoisotopic (exact) mass is 392 g/mol. The summed E-state index contributed by atoms with van der Waals surface area (Å²) in [5.41, 5.74) is 2.08. The van der Waals surface area contributed by atoms with Crippen molar-refractivity contribution in [1.82, 2.24) is 9.97 Å². The Bertz CT molecular complexity index is 958. The number of halogens is 2. The molecule has 0 bridgehead atoms. The minimum absolute atomic E-state index is 0.0380. The van der Waals surface area contributed by atoms with Crippen molar-refractivity contribution in [2.75, 3.05) is 0 Å². The minimum Gasteiger partial charge on any atom is -0.474 e. The van der Waals surface area contributed by atoms with Crippen LogP contribution in [0.1, 0.15) is 38.5 Å². The summed E-state index contributed by atoms with van der Waals surface area (Å²) in [6, 6.07) is 5.74. The first-order valence-electron chi connectivity index (χ1n) is 8.24. The van der Waals surface area contributed by atoms with Crippen LogP contribution >= 0.6 is 34.5 Å². The van der Waals surface area contributed by atoms with E-state index in [-0.39, 0.29) is 11.5 Å². The average molecular weight is 393 g/mol. The normalized spacial score (nSPS) is 14.9. The van der Waals surface area contributed by atoms with E-state index < -0.39 is 0 Å². The fourth-order valence-electron chi connectivity index (χ4n) is 2.80. The zero-order valence-corrected chi connectivity index (χ0v) is 16.6. The molecular formula is C19H18Cl2N2OS. The Balaban J connectivity index is 2.02. The van der Waals surface area contributed by atoms with E-state index in [1.807, 2.05) is 18.2 Å². The molecule has 0 amide bonds. The van der Waals surface area contributed by atoms with Crippen molar-refractivity contribution in [3.8, 4) is 17.0 Å². The SMILES string of the molecule is CC(C)(C)c1sc2ncnc(OC3CC3)c2c1-c1ccc(Cl)c(Cl)c1. The van der Waals surface area contributed by atoms with E-state index in [2.05, 4.69) is 30.7 Å². The molecule has 1 aliphatic rings. The molecule has 0 radical (unpaired) electrons. The molecule has 3 aromatic rings. The first-order chi connectivity index (χ1) is 11.8. The van der Waals surface area contributed by atoms with E-state index in [1.165, 1.54) is 4.88 Å². The maximum absolute atomic E-state index is 6.29. The summed E-state index contributed by atoms with van der Waals surface area (Å²) in [5.74, 6) is 0.667. The molecule has 0 aliphatic heterocycles. The quantitative estimate of drug-likeness (QED) is 0.509. The summed E-state index contributed by atoms with van der Waals surface area (Å²) < 4.78 is 6.08. The van der Waals surface area contributed by atoms with Gasteiger partial charge in [-0.05, 0) is 36.0 Å². The van der Waals surface area contributed by atoms with Gasteiger partial charge < -0.3 is 4.74 Å². The highest BCUT2D eigenvalue weighted by atomic mass is 35.5. The highest BCUT2D eigenvalue weighted by molar-refractivity contribution is 7.19. The van der Waals surface area contributed by atoms with Gasteiger partial charge in [0.1, 0.15) is 17.3 Å². The molecule has 6 heteroatoms. The standard InChI is InChI=1S/C19H18Cl2N2OS/c1-19(2,3)16-14(10-4-7-12(20)13(21)8-10)15-17(24-11-5-6-11)22-9-23-18(15)25-16/h4,7-9,11H,5-6H2,1-3H3. The first-order valence-corrected chi connectivity index (χ1v) is 9.82. The molecule has 0 N–H and O–H groups in total. The number of rotatable bonds is 3. The lowest BCUT2D eigenvalue weighted by atomic mass is 9.88. The Labute approximate surface area is 161 Å². The number of ether oxygens (including phenoxy) is 1. The minimum atomic E-state index is -0.0380. The second-order valence-electron chi connectivity index (χ2n) is 7.36. The predicted octanol–water partition coefficient (Wildman–Crippen LogP) is 6.50. The zero-order chi connectivity index (χ0) is 17.8. The zero-order valence-electron chi connectivity index (χ0n) is 14.3. The number of thiophene rings is 1. The third kappa shape index (κ3) is 3.23. The Morgan fingerprint density at radius 3 is 2.52 bits per heavy atom. The van der Waals surface area contributed by atoms with Gasteiger partial charge in [-0.3, -0.25) is 0 Å². The highest BCUT2D eigenvalue weighted by Crippen LogP contribution is 2.47. The van der Waals surface area contributed by atoms with Gasteiger partial charge in [-0.2, -0.15) is 0 Å². The molecule has 2 heterocycles. The van der Waals surface area contributed by atoms with Crippen molar-refractivity contribution in [1.29, 1.82) is 0 Å². The lowest BCUT2D eigenvalue weighted by Crippen LogP contribution is -2.10. The van der Waals surface area contributed by atoms with Crippen molar-refractivity contribution in [2.45, 2.75) is 45.1 Å². The summed E-state index contributed by atoms with van der Waals surface area (Å²) in [6.45, 7) is 6.61. The van der Waals surface area contributed by atoms with Gasteiger partial charge in [0.25, 0.3) is 0 Å². The van der Waals surface area contributed by atoms with E-state index in [0.29, 0.717) is 15.9 Å². The number of hydrogen-bond acceptors (Lipinski definition) is 4. The van der Waals surface area contributed by atoms with Crippen molar-refractivity contribution >= 4 is 44.8 Å². The van der Waals surface area contributed by atoms with Gasteiger partial charge in [-0.1, -0.05) is 50.0 Å². The van der Waals surface area contributed by atoms with E-state index in [1.54, 1.807) is 17.7 Å². The fourth-order valence-corrected chi connectivity index (χ4v) is 4.31. The first kappa shape index (κ1) is 17.1. The average Bonchev–Trinajstić information content (AvgIpc) is 3.26. The van der Waals surface area contributed by atoms with Crippen LogP contribution in [-0.4, -0.2) is 16.1 Å². The third-order valence-corrected chi connectivity index (χ3v) is 6.41. The molecule has 0 atom stereocenters. The van der Waals surface area contributed by atoms with Crippen LogP contribution in [0.2, 0.25) is 10.0 Å². The molecular weight excluding hydrogens is 375 g/mol. The molecule has 1 fully saturated rings. The van der Waals surface area contributed by atoms with Crippen LogP contribution in [0.3, 0.4) is 0 Å². The van der Waals surface area contributed by atoms with Crippen LogP contribution in [0.4, 0.5) is 0 Å². The number of fused-ring (bicyclic) bond motifs is 1. The second-order valence-corrected chi connectivity index (χ2v) is 9.17. The van der Waals surface area contributed by atoms with Crippen LogP contribution < -0.4 is 4.74 Å². The van der Waals surface area contributed by atoms with Crippen molar-refractivity contribution in [2.24, 2.45) is 0 Å². The Hall–Kier alpha value is -1.36. The molecule has 1 aliphatic carbocycles. The highest BCUT2D eigenvalue weighted by Gasteiger charge is 2.30. The van der Waals surface area contributed by atoms with Gasteiger partial charge in [-0.25, -0.2) is 9.97 Å². The lowest BCUT2D eigenvalue weighted by Gasteiger charge is -2.19. The van der Waals surface area contributed by atoms with Crippen LogP contribution in [0.5, 0.6) is 5.88 Å². The molecule has 1 saturated carbocycles. The maximum atomic E-state index is 6.29. The Morgan fingerprint density at radius 1 is 1.12 bits per heavy atom.